The van der Waals surface area contributed by atoms with Crippen molar-refractivity contribution >= 4 is 5.82 Å². The standard InChI is InChI=1S/C11H17N3O3/c12-9-7-10(15)13-11(16)14(9)5-4-8-3-1-2-6-17-8/h7-8H,1-6,12H2,(H,13,15,16). The number of nitrogens with two attached hydrogens (primary N) is 1. The third kappa shape index (κ3) is 2.97. The summed E-state index contributed by atoms with van der Waals surface area (Å²) in [5.41, 5.74) is 4.73. The minimum absolute atomic E-state index is 0.196. The number of nitrogen functional groups attached to an aromatic ring is 1. The molecule has 0 saturated carbocycles. The molecule has 6 heteroatoms. The lowest BCUT2D eigenvalue weighted by Crippen LogP contribution is -2.33. The highest BCUT2D eigenvalue weighted by Crippen LogP contribution is 2.16. The number of ether oxygens (including phenoxy) is 1. The van der Waals surface area contributed by atoms with Gasteiger partial charge in [-0.25, -0.2) is 4.79 Å². The maximum absolute atomic E-state index is 11.5. The highest BCUT2D eigenvalue weighted by Gasteiger charge is 2.14. The molecule has 0 bridgehead atoms. The fraction of sp³-hybridized carbons (Fsp3) is 0.636. The Morgan fingerprint density at radius 2 is 2.29 bits per heavy atom. The molecule has 0 aliphatic carbocycles. The maximum Gasteiger partial charge on any atom is 0.329 e. The van der Waals surface area contributed by atoms with E-state index in [0.29, 0.717) is 6.54 Å². The highest BCUT2D eigenvalue weighted by molar-refractivity contribution is 5.25. The lowest BCUT2D eigenvalue weighted by Gasteiger charge is -2.22. The molecule has 1 aromatic rings. The quantitative estimate of drug-likeness (QED) is 0.781. The van der Waals surface area contributed by atoms with Gasteiger partial charge in [0.1, 0.15) is 5.82 Å². The van der Waals surface area contributed by atoms with Gasteiger partial charge in [-0.15, -0.1) is 0 Å². The van der Waals surface area contributed by atoms with Crippen LogP contribution in [0.1, 0.15) is 25.7 Å². The Balaban J connectivity index is 2.03. The molecular weight excluding hydrogens is 222 g/mol. The average molecular weight is 239 g/mol. The number of nitrogens with zero attached hydrogens (tertiary/aromatic N) is 1. The Bertz CT molecular complexity index is 485. The van der Waals surface area contributed by atoms with Gasteiger partial charge in [0.25, 0.3) is 5.56 Å². The SMILES string of the molecule is Nc1cc(=O)[nH]c(=O)n1CCC1CCCCO1. The van der Waals surface area contributed by atoms with Crippen LogP contribution in [0.15, 0.2) is 15.7 Å². The van der Waals surface area contributed by atoms with Crippen LogP contribution in [0.2, 0.25) is 0 Å². The van der Waals surface area contributed by atoms with Crippen LogP contribution in [0, 0.1) is 0 Å². The van der Waals surface area contributed by atoms with Gasteiger partial charge in [0.2, 0.25) is 0 Å². The Kier molecular flexibility index (Phi) is 3.63. The van der Waals surface area contributed by atoms with Crippen molar-refractivity contribution < 1.29 is 4.74 Å². The zero-order chi connectivity index (χ0) is 12.3. The summed E-state index contributed by atoms with van der Waals surface area (Å²) < 4.78 is 6.95. The van der Waals surface area contributed by atoms with E-state index in [1.807, 2.05) is 0 Å². The van der Waals surface area contributed by atoms with E-state index in [0.717, 1.165) is 25.9 Å². The monoisotopic (exact) mass is 239 g/mol. The Labute approximate surface area is 98.4 Å². The van der Waals surface area contributed by atoms with Crippen LogP contribution < -0.4 is 17.0 Å². The van der Waals surface area contributed by atoms with Gasteiger partial charge in [-0.05, 0) is 25.7 Å². The summed E-state index contributed by atoms with van der Waals surface area (Å²) in [5, 5.41) is 0. The smallest absolute Gasteiger partial charge is 0.329 e. The summed E-state index contributed by atoms with van der Waals surface area (Å²) >= 11 is 0. The zero-order valence-electron chi connectivity index (χ0n) is 9.65. The third-order valence-corrected chi connectivity index (χ3v) is 3.01. The van der Waals surface area contributed by atoms with Crippen molar-refractivity contribution in [3.63, 3.8) is 0 Å². The van der Waals surface area contributed by atoms with Gasteiger partial charge in [0.05, 0.1) is 6.10 Å². The van der Waals surface area contributed by atoms with Crippen molar-refractivity contribution in [2.24, 2.45) is 0 Å². The third-order valence-electron chi connectivity index (χ3n) is 3.01. The van der Waals surface area contributed by atoms with Crippen molar-refractivity contribution in [1.29, 1.82) is 0 Å². The second-order valence-corrected chi connectivity index (χ2v) is 4.29. The summed E-state index contributed by atoms with van der Waals surface area (Å²) in [6, 6.07) is 1.23. The van der Waals surface area contributed by atoms with Gasteiger partial charge >= 0.3 is 5.69 Å². The van der Waals surface area contributed by atoms with Gasteiger partial charge in [0.15, 0.2) is 0 Å². The molecule has 0 aromatic carbocycles. The molecule has 1 atom stereocenters. The number of hydrogen-bond donors (Lipinski definition) is 2. The highest BCUT2D eigenvalue weighted by atomic mass is 16.5. The molecule has 1 aliphatic heterocycles. The molecule has 2 rings (SSSR count). The molecule has 1 aromatic heterocycles. The van der Waals surface area contributed by atoms with E-state index >= 15 is 0 Å². The lowest BCUT2D eigenvalue weighted by molar-refractivity contribution is 0.00871. The first-order valence-corrected chi connectivity index (χ1v) is 5.88. The number of rotatable bonds is 3. The number of hydrogen-bond acceptors (Lipinski definition) is 4. The fourth-order valence-corrected chi connectivity index (χ4v) is 2.08. The van der Waals surface area contributed by atoms with E-state index in [9.17, 15) is 9.59 Å². The largest absolute Gasteiger partial charge is 0.385 e. The van der Waals surface area contributed by atoms with E-state index in [4.69, 9.17) is 10.5 Å². The van der Waals surface area contributed by atoms with Gasteiger partial charge in [-0.1, -0.05) is 0 Å². The molecule has 0 amide bonds. The van der Waals surface area contributed by atoms with Gasteiger partial charge < -0.3 is 10.5 Å². The molecule has 1 saturated heterocycles. The van der Waals surface area contributed by atoms with E-state index in [2.05, 4.69) is 4.98 Å². The molecule has 0 spiro atoms. The Hall–Kier alpha value is -1.56. The average Bonchev–Trinajstić information content (AvgIpc) is 2.29. The second kappa shape index (κ2) is 5.18. The van der Waals surface area contributed by atoms with Crippen LogP contribution in [0.4, 0.5) is 5.82 Å². The van der Waals surface area contributed by atoms with Crippen molar-refractivity contribution in [2.75, 3.05) is 12.3 Å². The summed E-state index contributed by atoms with van der Waals surface area (Å²) in [4.78, 5) is 24.7. The lowest BCUT2D eigenvalue weighted by atomic mass is 10.1. The molecule has 17 heavy (non-hydrogen) atoms. The van der Waals surface area contributed by atoms with Crippen LogP contribution in [-0.2, 0) is 11.3 Å². The summed E-state index contributed by atoms with van der Waals surface area (Å²) in [6.07, 6.45) is 4.24. The summed E-state index contributed by atoms with van der Waals surface area (Å²) in [6.45, 7) is 1.27. The molecular formula is C11H17N3O3. The van der Waals surface area contributed by atoms with Crippen LogP contribution >= 0.6 is 0 Å². The Morgan fingerprint density at radius 3 is 2.94 bits per heavy atom. The van der Waals surface area contributed by atoms with Gasteiger partial charge in [-0.3, -0.25) is 14.3 Å². The van der Waals surface area contributed by atoms with Crippen molar-refractivity contribution in [3.8, 4) is 0 Å². The second-order valence-electron chi connectivity index (χ2n) is 4.29. The van der Waals surface area contributed by atoms with Crippen molar-refractivity contribution in [1.82, 2.24) is 9.55 Å². The van der Waals surface area contributed by atoms with E-state index < -0.39 is 11.2 Å². The summed E-state index contributed by atoms with van der Waals surface area (Å²) in [7, 11) is 0. The number of anilines is 1. The normalized spacial score (nSPS) is 20.4. The minimum Gasteiger partial charge on any atom is -0.385 e. The van der Waals surface area contributed by atoms with Crippen molar-refractivity contribution in [2.45, 2.75) is 38.3 Å². The molecule has 6 nitrogen and oxygen atoms in total. The van der Waals surface area contributed by atoms with Crippen LogP contribution in [0.5, 0.6) is 0 Å². The molecule has 1 fully saturated rings. The summed E-state index contributed by atoms with van der Waals surface area (Å²) in [5.74, 6) is 0.203. The van der Waals surface area contributed by atoms with E-state index in [1.54, 1.807) is 0 Å². The van der Waals surface area contributed by atoms with E-state index in [1.165, 1.54) is 17.1 Å². The zero-order valence-corrected chi connectivity index (χ0v) is 9.65. The minimum atomic E-state index is -0.460. The van der Waals surface area contributed by atoms with Gasteiger partial charge in [0, 0.05) is 19.2 Å². The topological polar surface area (TPSA) is 90.1 Å². The fourth-order valence-electron chi connectivity index (χ4n) is 2.08. The molecule has 1 aliphatic rings. The molecule has 1 unspecified atom stereocenters. The number of H-pyrrole nitrogens is 1. The first-order chi connectivity index (χ1) is 8.16. The number of aromatic amines is 1. The van der Waals surface area contributed by atoms with Crippen LogP contribution in [0.25, 0.3) is 0 Å². The van der Waals surface area contributed by atoms with Crippen LogP contribution in [-0.4, -0.2) is 22.3 Å². The molecule has 0 radical (unpaired) electrons. The van der Waals surface area contributed by atoms with Gasteiger partial charge in [-0.2, -0.15) is 0 Å². The Morgan fingerprint density at radius 1 is 1.47 bits per heavy atom. The first kappa shape index (κ1) is 11.9. The molecule has 3 N–H and O–H groups in total. The first-order valence-electron chi connectivity index (χ1n) is 5.88. The number of nitrogens with one attached hydrogen (secondary N) is 1. The van der Waals surface area contributed by atoms with E-state index in [-0.39, 0.29) is 11.9 Å². The maximum atomic E-state index is 11.5. The molecule has 94 valence electrons. The number of aromatic nitrogens is 2. The van der Waals surface area contributed by atoms with Crippen molar-refractivity contribution in [3.05, 3.63) is 26.9 Å². The van der Waals surface area contributed by atoms with Crippen LogP contribution in [0.3, 0.4) is 0 Å². The predicted molar refractivity (Wildman–Crippen MR) is 63.9 cm³/mol. The molecule has 2 heterocycles. The predicted octanol–water partition coefficient (Wildman–Crippen LogP) is 0.0780.